The van der Waals surface area contributed by atoms with Gasteiger partial charge in [0.1, 0.15) is 42.3 Å². The molecule has 0 fully saturated rings. The van der Waals surface area contributed by atoms with Crippen LogP contribution in [0.15, 0.2) is 84.9 Å². The van der Waals surface area contributed by atoms with Crippen molar-refractivity contribution in [3.63, 3.8) is 0 Å². The lowest BCUT2D eigenvalue weighted by molar-refractivity contribution is -0.141. The van der Waals surface area contributed by atoms with Gasteiger partial charge in [-0.15, -0.1) is 0 Å². The third-order valence-corrected chi connectivity index (χ3v) is 11.3. The highest BCUT2D eigenvalue weighted by Gasteiger charge is 2.36. The summed E-state index contributed by atoms with van der Waals surface area (Å²) < 4.78 is 11.8. The van der Waals surface area contributed by atoms with Crippen LogP contribution in [0.1, 0.15) is 67.6 Å². The lowest BCUT2D eigenvalue weighted by Gasteiger charge is -2.33. The number of carboxylic acid groups (broad SMARTS) is 1. The Bertz CT molecular complexity index is 2410. The largest absolute Gasteiger partial charge is 0.492 e. The average molecular weight is 926 g/mol. The molecule has 9 N–H and O–H groups in total. The number of hydrogen-bond donors (Lipinski definition) is 7. The van der Waals surface area contributed by atoms with Crippen LogP contribution in [-0.2, 0) is 35.2 Å². The van der Waals surface area contributed by atoms with Crippen molar-refractivity contribution >= 4 is 52.9 Å². The first kappa shape index (κ1) is 50.2. The third-order valence-electron chi connectivity index (χ3n) is 11.0. The van der Waals surface area contributed by atoms with Gasteiger partial charge < -0.3 is 52.2 Å². The van der Waals surface area contributed by atoms with Gasteiger partial charge in [-0.25, -0.2) is 4.79 Å². The molecule has 18 heteroatoms. The number of nitrogens with one attached hydrogen (secondary N) is 4. The summed E-state index contributed by atoms with van der Waals surface area (Å²) in [5.41, 5.74) is 15.0. The number of fused-ring (bicyclic) bond motifs is 5. The Morgan fingerprint density at radius 1 is 0.833 bits per heavy atom. The monoisotopic (exact) mass is 925 g/mol. The van der Waals surface area contributed by atoms with E-state index in [1.807, 2.05) is 12.1 Å². The molecule has 5 amide bonds. The highest BCUT2D eigenvalue weighted by atomic mass is 35.5. The zero-order valence-corrected chi connectivity index (χ0v) is 38.0. The van der Waals surface area contributed by atoms with Crippen LogP contribution in [0.4, 0.5) is 0 Å². The summed E-state index contributed by atoms with van der Waals surface area (Å²) in [7, 11) is 1.40. The first-order chi connectivity index (χ1) is 31.5. The average Bonchev–Trinajstić information content (AvgIpc) is 3.29. The number of unbranched alkanes of at least 4 members (excludes halogenated alkanes) is 1. The Morgan fingerprint density at radius 3 is 2.11 bits per heavy atom. The number of likely N-dealkylation sites (N-methyl/N-ethyl adjacent to an activating group) is 1. The number of carboxylic acids is 1. The summed E-state index contributed by atoms with van der Waals surface area (Å²) >= 11 is 6.06. The number of carbonyl (C=O) groups is 7. The van der Waals surface area contributed by atoms with E-state index in [1.54, 1.807) is 66.7 Å². The minimum atomic E-state index is -1.45. The molecule has 0 unspecified atom stereocenters. The maximum Gasteiger partial charge on any atom is 0.341 e. The maximum absolute atomic E-state index is 14.8. The van der Waals surface area contributed by atoms with E-state index in [0.717, 1.165) is 11.1 Å². The molecule has 1 heterocycles. The Hall–Kier alpha value is -6.82. The molecule has 4 bridgehead atoms. The van der Waals surface area contributed by atoms with Crippen LogP contribution in [0.3, 0.4) is 0 Å². The van der Waals surface area contributed by atoms with Crippen molar-refractivity contribution in [3.05, 3.63) is 107 Å². The van der Waals surface area contributed by atoms with E-state index < -0.39 is 72.3 Å². The second kappa shape index (κ2) is 23.4. The number of ether oxygens (including phenoxy) is 2. The van der Waals surface area contributed by atoms with Gasteiger partial charge in [0.25, 0.3) is 5.91 Å². The molecule has 4 aromatic rings. The summed E-state index contributed by atoms with van der Waals surface area (Å²) in [6.45, 7) is 4.03. The summed E-state index contributed by atoms with van der Waals surface area (Å²) in [5.74, 6) is -4.60. The van der Waals surface area contributed by atoms with Crippen molar-refractivity contribution in [1.82, 2.24) is 26.2 Å². The molecule has 350 valence electrons. The molecular weight excluding hydrogens is 870 g/mol. The predicted octanol–water partition coefficient (Wildman–Crippen LogP) is 3.54. The molecule has 5 atom stereocenters. The number of carbonyl (C=O) groups excluding carboxylic acids is 6. The van der Waals surface area contributed by atoms with Gasteiger partial charge in [-0.3, -0.25) is 28.8 Å². The lowest BCUT2D eigenvalue weighted by Crippen LogP contribution is -2.56. The molecule has 0 radical (unpaired) electrons. The van der Waals surface area contributed by atoms with Crippen LogP contribution < -0.4 is 42.2 Å². The molecule has 0 saturated heterocycles. The smallest absolute Gasteiger partial charge is 0.341 e. The van der Waals surface area contributed by atoms with Crippen LogP contribution in [0.25, 0.3) is 22.3 Å². The number of nitrogens with two attached hydrogens (primary N) is 2. The molecule has 1 aliphatic heterocycles. The summed E-state index contributed by atoms with van der Waals surface area (Å²) in [6, 6.07) is 17.6. The lowest BCUT2D eigenvalue weighted by atomic mass is 9.93. The second-order valence-electron chi connectivity index (χ2n) is 16.0. The highest BCUT2D eigenvalue weighted by Crippen LogP contribution is 2.40. The first-order valence-electron chi connectivity index (χ1n) is 21.5. The fourth-order valence-corrected chi connectivity index (χ4v) is 7.42. The van der Waals surface area contributed by atoms with Gasteiger partial charge in [-0.2, -0.15) is 0 Å². The fraction of sp³-hybridized carbons (Fsp3) is 0.354. The number of Topliss-reactive ketones (excluding diaryl/α,β-unsaturated/α-hetero) is 1. The molecule has 66 heavy (non-hydrogen) atoms. The van der Waals surface area contributed by atoms with E-state index in [2.05, 4.69) is 21.3 Å². The Kier molecular flexibility index (Phi) is 17.8. The van der Waals surface area contributed by atoms with Crippen LogP contribution in [0.5, 0.6) is 11.5 Å². The van der Waals surface area contributed by atoms with Gasteiger partial charge in [0, 0.05) is 41.7 Å². The molecule has 0 spiro atoms. The van der Waals surface area contributed by atoms with E-state index in [9.17, 15) is 38.7 Å². The number of hydrogen-bond acceptors (Lipinski definition) is 11. The maximum atomic E-state index is 14.8. The van der Waals surface area contributed by atoms with Gasteiger partial charge in [0.2, 0.25) is 23.6 Å². The van der Waals surface area contributed by atoms with Crippen LogP contribution in [0, 0.1) is 0 Å². The van der Waals surface area contributed by atoms with Gasteiger partial charge in [-0.1, -0.05) is 48.0 Å². The van der Waals surface area contributed by atoms with E-state index in [0.29, 0.717) is 35.5 Å². The fourth-order valence-electron chi connectivity index (χ4n) is 7.29. The number of rotatable bonds is 18. The number of ketones is 1. The molecule has 0 aliphatic carbocycles. The molecule has 0 saturated carbocycles. The van der Waals surface area contributed by atoms with E-state index in [1.165, 1.54) is 38.8 Å². The number of aliphatic carboxylic acids is 1. The van der Waals surface area contributed by atoms with Crippen molar-refractivity contribution in [2.75, 3.05) is 33.4 Å². The van der Waals surface area contributed by atoms with Crippen LogP contribution >= 0.6 is 11.6 Å². The molecule has 1 aliphatic rings. The van der Waals surface area contributed by atoms with E-state index in [4.69, 9.17) is 32.5 Å². The highest BCUT2D eigenvalue weighted by molar-refractivity contribution is 6.30. The molecule has 5 rings (SSSR count). The number of benzene rings is 4. The third kappa shape index (κ3) is 13.1. The van der Waals surface area contributed by atoms with Crippen LogP contribution in [-0.4, -0.2) is 109 Å². The SMILES string of the molecule is CC(=O)[C@H](C)NC(=O)[C@@H]1Cc2ccc(OCC(=O)O)c(c2)-c2cc(ccc2OCCN)[C@H](N(C)C(=O)[C@H](CCCCN)NC(=O)c2ccc(-c3ccc(Cl)cc3)cc2)C(=O)N[C@@H](C)C(=O)N1. The van der Waals surface area contributed by atoms with Gasteiger partial charge in [0.05, 0.1) is 6.04 Å². The topological polar surface area (TPSA) is 262 Å². The van der Waals surface area contributed by atoms with Crippen LogP contribution in [0.2, 0.25) is 5.02 Å². The summed E-state index contributed by atoms with van der Waals surface area (Å²) in [5, 5.41) is 21.0. The van der Waals surface area contributed by atoms with Gasteiger partial charge in [0.15, 0.2) is 12.4 Å². The van der Waals surface area contributed by atoms with Crippen molar-refractivity contribution in [2.24, 2.45) is 11.5 Å². The Labute approximate surface area is 387 Å². The number of amides is 5. The molecule has 4 aromatic carbocycles. The van der Waals surface area contributed by atoms with Crippen molar-refractivity contribution in [1.29, 1.82) is 0 Å². The zero-order valence-electron chi connectivity index (χ0n) is 37.2. The second-order valence-corrected chi connectivity index (χ2v) is 16.4. The zero-order chi connectivity index (χ0) is 48.1. The Morgan fingerprint density at radius 2 is 1.47 bits per heavy atom. The van der Waals surface area contributed by atoms with E-state index in [-0.39, 0.29) is 60.0 Å². The Balaban J connectivity index is 1.60. The standard InChI is InChI=1S/C48H56ClN7O10/c1-27(29(3)57)52-46(62)39-24-30-8-18-41(66-26-42(58)59)36(23-30)37-25-34(15-19-40(37)65-22-21-51)43(47(63)53-28(2)44(60)55-39)56(4)48(64)38(7-5-6-20-50)54-45(61)33-11-9-31(10-12-33)32-13-16-35(49)17-14-32/h8-19,23,25,27-28,38-39,43H,5-7,20-22,24,26,50-51H2,1-4H3,(H,52,62)(H,53,63)(H,54,61)(H,55,60)(H,58,59)/t27-,28-,38-,39-,43-/m0/s1. The minimum absolute atomic E-state index is 0.0633. The number of halogens is 1. The number of nitrogens with zero attached hydrogens (tertiary/aromatic N) is 1. The van der Waals surface area contributed by atoms with E-state index >= 15 is 0 Å². The predicted molar refractivity (Wildman–Crippen MR) is 248 cm³/mol. The normalized spacial score (nSPS) is 16.9. The summed E-state index contributed by atoms with van der Waals surface area (Å²) in [6.07, 6.45) is 1.07. The van der Waals surface area contributed by atoms with Gasteiger partial charge >= 0.3 is 5.97 Å². The van der Waals surface area contributed by atoms with Crippen molar-refractivity contribution in [2.45, 2.75) is 76.7 Å². The molecule has 17 nitrogen and oxygen atoms in total. The minimum Gasteiger partial charge on any atom is -0.492 e. The molecule has 0 aromatic heterocycles. The van der Waals surface area contributed by atoms with Crippen molar-refractivity contribution < 1.29 is 48.1 Å². The quantitative estimate of drug-likeness (QED) is 0.0708. The first-order valence-corrected chi connectivity index (χ1v) is 21.9. The van der Waals surface area contributed by atoms with Crippen molar-refractivity contribution in [3.8, 4) is 33.8 Å². The van der Waals surface area contributed by atoms with Gasteiger partial charge in [-0.05, 0) is 117 Å². The summed E-state index contributed by atoms with van der Waals surface area (Å²) in [4.78, 5) is 95.8. The molecular formula is C48H56ClN7O10.